The van der Waals surface area contributed by atoms with Gasteiger partial charge in [0.05, 0.1) is 34.9 Å². The van der Waals surface area contributed by atoms with Crippen LogP contribution < -0.4 is 16.4 Å². The zero-order chi connectivity index (χ0) is 35.9. The summed E-state index contributed by atoms with van der Waals surface area (Å²) in [4.78, 5) is 26.5. The first kappa shape index (κ1) is 35.2. The summed E-state index contributed by atoms with van der Waals surface area (Å²) in [5.74, 6) is -1.10. The van der Waals surface area contributed by atoms with E-state index in [0.717, 1.165) is 33.4 Å². The highest BCUT2D eigenvalue weighted by molar-refractivity contribution is 6.30. The Kier molecular flexibility index (Phi) is 11.0. The maximum Gasteiger partial charge on any atom is 0.255 e. The van der Waals surface area contributed by atoms with Crippen LogP contribution in [0.1, 0.15) is 49.9 Å². The first-order valence-corrected chi connectivity index (χ1v) is 16.8. The number of benzene rings is 4. The van der Waals surface area contributed by atoms with E-state index in [2.05, 4.69) is 37.1 Å². The van der Waals surface area contributed by atoms with E-state index in [4.69, 9.17) is 17.3 Å². The third-order valence-electron chi connectivity index (χ3n) is 8.70. The molecule has 2 amide bonds. The Hall–Kier alpha value is -5.62. The second kappa shape index (κ2) is 15.9. The van der Waals surface area contributed by atoms with E-state index in [1.54, 1.807) is 30.3 Å². The van der Waals surface area contributed by atoms with Gasteiger partial charge in [-0.05, 0) is 77.9 Å². The van der Waals surface area contributed by atoms with Crippen molar-refractivity contribution in [1.29, 1.82) is 0 Å². The van der Waals surface area contributed by atoms with E-state index in [1.807, 2.05) is 49.4 Å². The van der Waals surface area contributed by atoms with Crippen LogP contribution in [-0.2, 0) is 6.42 Å². The summed E-state index contributed by atoms with van der Waals surface area (Å²) in [6.45, 7) is 2.08. The summed E-state index contributed by atoms with van der Waals surface area (Å²) in [5.41, 5.74) is 14.3. The zero-order valence-electron chi connectivity index (χ0n) is 27.8. The molecular formula is C39H37ClFN7O3. The molecule has 6 aromatic rings. The van der Waals surface area contributed by atoms with Gasteiger partial charge in [-0.3, -0.25) is 19.8 Å². The average Bonchev–Trinajstić information content (AvgIpc) is 3.82. The molecule has 2 atom stereocenters. The number of nitrogens with zero attached hydrogens (tertiary/aromatic N) is 2. The van der Waals surface area contributed by atoms with Crippen LogP contribution in [0.3, 0.4) is 0 Å². The average molecular weight is 706 g/mol. The van der Waals surface area contributed by atoms with E-state index in [1.165, 1.54) is 24.5 Å². The number of halogens is 2. The molecule has 4 aromatic carbocycles. The summed E-state index contributed by atoms with van der Waals surface area (Å²) in [7, 11) is 0. The van der Waals surface area contributed by atoms with Gasteiger partial charge in [0.2, 0.25) is 0 Å². The Bertz CT molecular complexity index is 2160. The minimum Gasteiger partial charge on any atom is -0.396 e. The molecule has 2 aromatic heterocycles. The molecule has 0 saturated carbocycles. The van der Waals surface area contributed by atoms with Crippen molar-refractivity contribution >= 4 is 23.4 Å². The second-order valence-corrected chi connectivity index (χ2v) is 12.8. The molecule has 260 valence electrons. The molecule has 6 rings (SSSR count). The van der Waals surface area contributed by atoms with Crippen LogP contribution in [0.2, 0.25) is 5.02 Å². The number of aliphatic hydroxyl groups is 1. The Morgan fingerprint density at radius 3 is 2.24 bits per heavy atom. The lowest BCUT2D eigenvalue weighted by Crippen LogP contribution is -2.37. The second-order valence-electron chi connectivity index (χ2n) is 12.3. The molecule has 0 aliphatic heterocycles. The Morgan fingerprint density at radius 2 is 1.53 bits per heavy atom. The molecule has 0 spiro atoms. The fraction of sp³-hybridized carbons (Fsp3) is 0.179. The fourth-order valence-electron chi connectivity index (χ4n) is 6.04. The van der Waals surface area contributed by atoms with Gasteiger partial charge in [0.25, 0.3) is 11.8 Å². The molecule has 2 heterocycles. The van der Waals surface area contributed by atoms with Gasteiger partial charge in [0.1, 0.15) is 5.82 Å². The maximum atomic E-state index is 13.8. The third-order valence-corrected chi connectivity index (χ3v) is 8.93. The molecule has 0 aliphatic carbocycles. The van der Waals surface area contributed by atoms with E-state index in [9.17, 15) is 19.1 Å². The number of aryl methyl sites for hydroxylation is 1. The van der Waals surface area contributed by atoms with Gasteiger partial charge < -0.3 is 21.5 Å². The number of aromatic amines is 2. The minimum absolute atomic E-state index is 0.0977. The topological polar surface area (TPSA) is 162 Å². The first-order chi connectivity index (χ1) is 24.7. The van der Waals surface area contributed by atoms with E-state index in [0.29, 0.717) is 40.4 Å². The first-order valence-electron chi connectivity index (χ1n) is 16.4. The van der Waals surface area contributed by atoms with Crippen LogP contribution >= 0.6 is 11.6 Å². The molecule has 0 fully saturated rings. The maximum absolute atomic E-state index is 13.8. The van der Waals surface area contributed by atoms with Crippen LogP contribution in [0.5, 0.6) is 0 Å². The van der Waals surface area contributed by atoms with Crippen LogP contribution in [0.4, 0.5) is 4.39 Å². The summed E-state index contributed by atoms with van der Waals surface area (Å²) in [6, 6.07) is 26.2. The number of aromatic nitrogens is 4. The van der Waals surface area contributed by atoms with Crippen LogP contribution in [0.15, 0.2) is 103 Å². The smallest absolute Gasteiger partial charge is 0.255 e. The van der Waals surface area contributed by atoms with E-state index >= 15 is 0 Å². The molecule has 12 heteroatoms. The number of nitrogens with one attached hydrogen (secondary N) is 4. The van der Waals surface area contributed by atoms with Crippen molar-refractivity contribution in [1.82, 2.24) is 31.0 Å². The lowest BCUT2D eigenvalue weighted by molar-refractivity contribution is 0.0928. The van der Waals surface area contributed by atoms with Gasteiger partial charge in [0.15, 0.2) is 0 Å². The number of aliphatic hydroxyl groups excluding tert-OH is 1. The van der Waals surface area contributed by atoms with Gasteiger partial charge in [-0.25, -0.2) is 4.39 Å². The predicted molar refractivity (Wildman–Crippen MR) is 196 cm³/mol. The molecule has 51 heavy (non-hydrogen) atoms. The van der Waals surface area contributed by atoms with Gasteiger partial charge in [-0.1, -0.05) is 72.3 Å². The molecule has 0 bridgehead atoms. The summed E-state index contributed by atoms with van der Waals surface area (Å²) < 4.78 is 13.8. The molecule has 7 N–H and O–H groups in total. The van der Waals surface area contributed by atoms with Crippen LogP contribution in [-0.4, -0.2) is 56.5 Å². The van der Waals surface area contributed by atoms with Crippen LogP contribution in [0.25, 0.3) is 33.6 Å². The standard InChI is InChI=1S/C39H37ClFN7O3/c1-23-11-12-26(35(42)22-43-38(50)33-20-44-48-37(33)28-8-4-10-30(41)18-28)19-32(23)25-6-2-5-24(15-25)16-31(13-14-49)46-39(51)34-21-45-47-36(34)27-7-3-9-29(40)17-27/h2-12,15,17-21,31,35,49H,13-14,16,22,42H2,1H3,(H,43,50)(H,44,48)(H,45,47)(H,46,51). The lowest BCUT2D eigenvalue weighted by atomic mass is 9.93. The monoisotopic (exact) mass is 705 g/mol. The number of carbonyl (C=O) groups excluding carboxylic acids is 2. The number of amides is 2. The number of nitrogens with two attached hydrogens (primary N) is 1. The highest BCUT2D eigenvalue weighted by Gasteiger charge is 2.21. The number of hydrogen-bond donors (Lipinski definition) is 6. The number of rotatable bonds is 13. The number of carbonyl (C=O) groups is 2. The van der Waals surface area contributed by atoms with Gasteiger partial charge in [-0.15, -0.1) is 0 Å². The molecule has 0 saturated heterocycles. The van der Waals surface area contributed by atoms with E-state index in [-0.39, 0.29) is 36.6 Å². The van der Waals surface area contributed by atoms with Gasteiger partial charge in [-0.2, -0.15) is 10.2 Å². The third kappa shape index (κ3) is 8.41. The van der Waals surface area contributed by atoms with Gasteiger partial charge >= 0.3 is 0 Å². The van der Waals surface area contributed by atoms with Crippen molar-refractivity contribution < 1.29 is 19.1 Å². The summed E-state index contributed by atoms with van der Waals surface area (Å²) >= 11 is 6.17. The molecular weight excluding hydrogens is 669 g/mol. The van der Waals surface area contributed by atoms with E-state index < -0.39 is 11.9 Å². The molecule has 0 radical (unpaired) electrons. The molecule has 0 aliphatic rings. The summed E-state index contributed by atoms with van der Waals surface area (Å²) in [6.07, 6.45) is 3.73. The molecule has 2 unspecified atom stereocenters. The van der Waals surface area contributed by atoms with Crippen LogP contribution in [0, 0.1) is 12.7 Å². The quantitative estimate of drug-likeness (QED) is 0.0816. The van der Waals surface area contributed by atoms with Crippen molar-refractivity contribution in [3.05, 3.63) is 142 Å². The van der Waals surface area contributed by atoms with Crippen molar-refractivity contribution in [2.75, 3.05) is 13.2 Å². The summed E-state index contributed by atoms with van der Waals surface area (Å²) in [5, 5.41) is 30.1. The van der Waals surface area contributed by atoms with Crippen molar-refractivity contribution in [2.45, 2.75) is 31.8 Å². The predicted octanol–water partition coefficient (Wildman–Crippen LogP) is 6.39. The Labute approximate surface area is 299 Å². The highest BCUT2D eigenvalue weighted by atomic mass is 35.5. The Balaban J connectivity index is 1.14. The normalized spacial score (nSPS) is 12.3. The number of hydrogen-bond acceptors (Lipinski definition) is 6. The van der Waals surface area contributed by atoms with Crippen molar-refractivity contribution in [3.8, 4) is 33.6 Å². The Morgan fingerprint density at radius 1 is 0.863 bits per heavy atom. The van der Waals surface area contributed by atoms with Crippen molar-refractivity contribution in [2.24, 2.45) is 5.73 Å². The number of H-pyrrole nitrogens is 2. The highest BCUT2D eigenvalue weighted by Crippen LogP contribution is 2.29. The van der Waals surface area contributed by atoms with Crippen molar-refractivity contribution in [3.63, 3.8) is 0 Å². The SMILES string of the molecule is Cc1ccc(C(N)CNC(=O)c2cn[nH]c2-c2cccc(F)c2)cc1-c1cccc(CC(CCO)NC(=O)c2cn[nH]c2-c2cccc(Cl)c2)c1. The fourth-order valence-corrected chi connectivity index (χ4v) is 6.23. The largest absolute Gasteiger partial charge is 0.396 e. The lowest BCUT2D eigenvalue weighted by Gasteiger charge is -2.19. The minimum atomic E-state index is -0.509. The van der Waals surface area contributed by atoms with Gasteiger partial charge in [0, 0.05) is 41.4 Å². The molecule has 10 nitrogen and oxygen atoms in total. The zero-order valence-corrected chi connectivity index (χ0v) is 28.5.